The van der Waals surface area contributed by atoms with Crippen LogP contribution in [0.4, 0.5) is 0 Å². The first-order valence-corrected chi connectivity index (χ1v) is 6.59. The lowest BCUT2D eigenvalue weighted by Gasteiger charge is -2.22. The summed E-state index contributed by atoms with van der Waals surface area (Å²) >= 11 is 1.56. The van der Waals surface area contributed by atoms with Crippen molar-refractivity contribution < 1.29 is 9.90 Å². The number of nitrogens with one attached hydrogen (secondary N) is 1. The summed E-state index contributed by atoms with van der Waals surface area (Å²) in [7, 11) is 0. The van der Waals surface area contributed by atoms with Crippen LogP contribution in [0, 0.1) is 0 Å². The van der Waals surface area contributed by atoms with Crippen molar-refractivity contribution in [2.75, 3.05) is 25.1 Å². The minimum Gasteiger partial charge on any atom is -0.387 e. The highest BCUT2D eigenvalue weighted by molar-refractivity contribution is 7.98. The molecule has 0 aromatic carbocycles. The van der Waals surface area contributed by atoms with Gasteiger partial charge in [-0.3, -0.25) is 4.79 Å². The van der Waals surface area contributed by atoms with Crippen LogP contribution >= 0.6 is 11.8 Å². The average molecular weight is 234 g/mol. The largest absolute Gasteiger partial charge is 0.387 e. The van der Waals surface area contributed by atoms with Gasteiger partial charge in [0.15, 0.2) is 0 Å². The molecule has 0 saturated heterocycles. The topological polar surface area (TPSA) is 75.3 Å². The van der Waals surface area contributed by atoms with Crippen molar-refractivity contribution >= 4 is 17.7 Å². The smallest absolute Gasteiger partial charge is 0.220 e. The molecule has 0 fully saturated rings. The molecule has 1 amide bonds. The Kier molecular flexibility index (Phi) is 7.82. The van der Waals surface area contributed by atoms with E-state index < -0.39 is 5.60 Å². The van der Waals surface area contributed by atoms with E-state index in [1.165, 1.54) is 0 Å². The number of thioether (sulfide) groups is 1. The Bertz CT molecular complexity index is 186. The van der Waals surface area contributed by atoms with E-state index in [9.17, 15) is 9.90 Å². The van der Waals surface area contributed by atoms with Crippen LogP contribution in [0.5, 0.6) is 0 Å². The van der Waals surface area contributed by atoms with E-state index in [-0.39, 0.29) is 5.91 Å². The minimum atomic E-state index is -0.817. The van der Waals surface area contributed by atoms with Crippen LogP contribution in [-0.2, 0) is 4.79 Å². The molecule has 4 nitrogen and oxygen atoms in total. The molecule has 5 heteroatoms. The molecule has 0 radical (unpaired) electrons. The molecular weight excluding hydrogens is 212 g/mol. The number of hydrogen-bond donors (Lipinski definition) is 3. The molecule has 0 bridgehead atoms. The molecule has 0 aliphatic carbocycles. The zero-order valence-electron chi connectivity index (χ0n) is 9.58. The van der Waals surface area contributed by atoms with Crippen molar-refractivity contribution in [3.63, 3.8) is 0 Å². The van der Waals surface area contributed by atoms with Gasteiger partial charge in [-0.25, -0.2) is 0 Å². The van der Waals surface area contributed by atoms with E-state index in [2.05, 4.69) is 5.32 Å². The summed E-state index contributed by atoms with van der Waals surface area (Å²) in [5.41, 5.74) is 4.51. The Labute approximate surface area is 96.0 Å². The molecule has 1 unspecified atom stereocenters. The summed E-state index contributed by atoms with van der Waals surface area (Å²) in [6, 6.07) is 0. The second kappa shape index (κ2) is 7.96. The van der Waals surface area contributed by atoms with E-state index >= 15 is 0 Å². The Morgan fingerprint density at radius 3 is 2.73 bits per heavy atom. The molecule has 0 aromatic heterocycles. The maximum absolute atomic E-state index is 11.3. The number of rotatable bonds is 8. The van der Waals surface area contributed by atoms with Gasteiger partial charge in [-0.2, -0.15) is 11.8 Å². The van der Waals surface area contributed by atoms with Crippen LogP contribution in [0.3, 0.4) is 0 Å². The molecule has 0 aromatic rings. The zero-order valence-corrected chi connectivity index (χ0v) is 10.4. The number of nitrogens with two attached hydrogens (primary N) is 1. The molecule has 0 aliphatic heterocycles. The summed E-state index contributed by atoms with van der Waals surface area (Å²) < 4.78 is 0. The highest BCUT2D eigenvalue weighted by Crippen LogP contribution is 2.09. The number of carbonyl (C=O) groups is 1. The van der Waals surface area contributed by atoms with Crippen LogP contribution in [0.2, 0.25) is 0 Å². The van der Waals surface area contributed by atoms with Crippen LogP contribution in [-0.4, -0.2) is 41.7 Å². The first kappa shape index (κ1) is 14.7. The fraction of sp³-hybridized carbons (Fsp3) is 0.900. The van der Waals surface area contributed by atoms with Gasteiger partial charge in [0.25, 0.3) is 0 Å². The van der Waals surface area contributed by atoms with Crippen molar-refractivity contribution in [3.05, 3.63) is 0 Å². The van der Waals surface area contributed by atoms with Gasteiger partial charge in [-0.05, 0) is 32.6 Å². The molecule has 1 atom stereocenters. The van der Waals surface area contributed by atoms with Gasteiger partial charge in [-0.15, -0.1) is 0 Å². The van der Waals surface area contributed by atoms with E-state index in [1.54, 1.807) is 18.7 Å². The summed E-state index contributed by atoms with van der Waals surface area (Å²) in [6.45, 7) is 2.66. The van der Waals surface area contributed by atoms with E-state index in [0.717, 1.165) is 12.8 Å². The van der Waals surface area contributed by atoms with E-state index in [4.69, 9.17) is 5.73 Å². The fourth-order valence-corrected chi connectivity index (χ4v) is 1.89. The van der Waals surface area contributed by atoms with Gasteiger partial charge in [0.2, 0.25) is 5.91 Å². The molecule has 4 N–H and O–H groups in total. The predicted octanol–water partition coefficient (Wildman–Crippen LogP) is 0.346. The highest BCUT2D eigenvalue weighted by Gasteiger charge is 2.19. The molecular formula is C10H22N2O2S. The summed E-state index contributed by atoms with van der Waals surface area (Å²) in [5.74, 6) is 0.612. The van der Waals surface area contributed by atoms with Crippen molar-refractivity contribution in [3.8, 4) is 0 Å². The fourth-order valence-electron chi connectivity index (χ4n) is 1.17. The number of carbonyl (C=O) groups excluding carboxylic acids is 1. The summed E-state index contributed by atoms with van der Waals surface area (Å²) in [5, 5.41) is 12.5. The van der Waals surface area contributed by atoms with Crippen molar-refractivity contribution in [1.29, 1.82) is 0 Å². The number of amides is 1. The lowest BCUT2D eigenvalue weighted by Crippen LogP contribution is -2.42. The zero-order chi connectivity index (χ0) is 11.7. The molecule has 90 valence electrons. The Hall–Kier alpha value is -0.260. The lowest BCUT2D eigenvalue weighted by atomic mass is 10.1. The van der Waals surface area contributed by atoms with Crippen molar-refractivity contribution in [1.82, 2.24) is 5.32 Å². The Morgan fingerprint density at radius 1 is 1.53 bits per heavy atom. The first-order chi connectivity index (χ1) is 7.02. The van der Waals surface area contributed by atoms with Crippen molar-refractivity contribution in [2.24, 2.45) is 5.73 Å². The number of unbranched alkanes of at least 4 members (excludes halogenated alkanes) is 1. The maximum atomic E-state index is 11.3. The van der Waals surface area contributed by atoms with Gasteiger partial charge >= 0.3 is 0 Å². The average Bonchev–Trinajstić information content (AvgIpc) is 2.15. The quantitative estimate of drug-likeness (QED) is 0.530. The second-order valence-corrected chi connectivity index (χ2v) is 4.82. The third-order valence-corrected chi connectivity index (χ3v) is 2.89. The van der Waals surface area contributed by atoms with Crippen LogP contribution in [0.15, 0.2) is 0 Å². The minimum absolute atomic E-state index is 0.00942. The van der Waals surface area contributed by atoms with Gasteiger partial charge in [0.05, 0.1) is 5.60 Å². The van der Waals surface area contributed by atoms with Crippen LogP contribution in [0.1, 0.15) is 26.2 Å². The summed E-state index contributed by atoms with van der Waals surface area (Å²) in [6.07, 6.45) is 4.10. The van der Waals surface area contributed by atoms with Gasteiger partial charge in [-0.1, -0.05) is 0 Å². The Morgan fingerprint density at radius 2 is 2.20 bits per heavy atom. The maximum Gasteiger partial charge on any atom is 0.220 e. The van der Waals surface area contributed by atoms with Gasteiger partial charge in [0.1, 0.15) is 0 Å². The molecule has 0 rings (SSSR count). The van der Waals surface area contributed by atoms with Gasteiger partial charge in [0, 0.05) is 18.7 Å². The predicted molar refractivity (Wildman–Crippen MR) is 64.9 cm³/mol. The molecule has 0 aliphatic rings. The van der Waals surface area contributed by atoms with Crippen LogP contribution < -0.4 is 11.1 Å². The number of hydrogen-bond acceptors (Lipinski definition) is 4. The highest BCUT2D eigenvalue weighted by atomic mass is 32.2. The molecule has 0 saturated carbocycles. The van der Waals surface area contributed by atoms with Crippen molar-refractivity contribution in [2.45, 2.75) is 31.8 Å². The first-order valence-electron chi connectivity index (χ1n) is 5.20. The van der Waals surface area contributed by atoms with E-state index in [1.807, 2.05) is 6.26 Å². The molecule has 15 heavy (non-hydrogen) atoms. The molecule has 0 spiro atoms. The van der Waals surface area contributed by atoms with Crippen LogP contribution in [0.25, 0.3) is 0 Å². The third-order valence-electron chi connectivity index (χ3n) is 1.98. The SMILES string of the molecule is CSCC(C)(O)CNC(=O)CCCCN. The van der Waals surface area contributed by atoms with E-state index in [0.29, 0.717) is 25.3 Å². The number of aliphatic hydroxyl groups is 1. The monoisotopic (exact) mass is 234 g/mol. The second-order valence-electron chi connectivity index (χ2n) is 3.95. The third kappa shape index (κ3) is 8.72. The van der Waals surface area contributed by atoms with Gasteiger partial charge < -0.3 is 16.2 Å². The normalized spacial score (nSPS) is 14.7. The lowest BCUT2D eigenvalue weighted by molar-refractivity contribution is -0.122. The summed E-state index contributed by atoms with van der Waals surface area (Å²) in [4.78, 5) is 11.3. The Balaban J connectivity index is 3.60. The standard InChI is InChI=1S/C10H22N2O2S/c1-10(14,8-15-2)7-12-9(13)5-3-4-6-11/h14H,3-8,11H2,1-2H3,(H,12,13). The molecule has 0 heterocycles.